The molecular formula is C43H56O5. The third-order valence-electron chi connectivity index (χ3n) is 11.4. The molecule has 0 bridgehead atoms. The molecule has 0 spiro atoms. The Bertz CT molecular complexity index is 1370. The highest BCUT2D eigenvalue weighted by Crippen LogP contribution is 2.43. The number of unbranched alkanes of at least 4 members (excludes halogenated alkanes) is 2. The SMILES string of the molecule is CCCC[C@H]1CC[C@H](c2ccc(C(CC(=O)O)(C(=O)Oc3cccc(OC)c3)c3ccc([C@H]4CC[C@H](CCCC)CC4)cc3)cc2)CC1. The fraction of sp³-hybridized carbons (Fsp3) is 0.535. The van der Waals surface area contributed by atoms with Crippen molar-refractivity contribution in [2.45, 2.75) is 127 Å². The number of aliphatic carboxylic acids is 1. The third-order valence-corrected chi connectivity index (χ3v) is 11.4. The van der Waals surface area contributed by atoms with Gasteiger partial charge < -0.3 is 14.6 Å². The van der Waals surface area contributed by atoms with Crippen molar-refractivity contribution in [3.63, 3.8) is 0 Å². The molecule has 3 aromatic carbocycles. The summed E-state index contributed by atoms with van der Waals surface area (Å²) < 4.78 is 11.4. The zero-order valence-electron chi connectivity index (χ0n) is 29.4. The molecule has 48 heavy (non-hydrogen) atoms. The predicted octanol–water partition coefficient (Wildman–Crippen LogP) is 11.0. The van der Waals surface area contributed by atoms with E-state index in [1.54, 1.807) is 31.4 Å². The van der Waals surface area contributed by atoms with Crippen LogP contribution in [0.5, 0.6) is 11.5 Å². The number of carboxylic acid groups (broad SMARTS) is 1. The molecule has 0 radical (unpaired) electrons. The van der Waals surface area contributed by atoms with Crippen LogP contribution in [-0.2, 0) is 15.0 Å². The number of methoxy groups -OCH3 is 1. The average Bonchev–Trinajstić information content (AvgIpc) is 3.12. The van der Waals surface area contributed by atoms with Crippen molar-refractivity contribution >= 4 is 11.9 Å². The van der Waals surface area contributed by atoms with Crippen molar-refractivity contribution in [1.82, 2.24) is 0 Å². The zero-order chi connectivity index (χ0) is 33.9. The number of carboxylic acids is 1. The van der Waals surface area contributed by atoms with E-state index in [0.29, 0.717) is 34.5 Å². The van der Waals surface area contributed by atoms with Crippen LogP contribution in [0.4, 0.5) is 0 Å². The molecule has 5 nitrogen and oxygen atoms in total. The Morgan fingerprint density at radius 3 is 1.56 bits per heavy atom. The van der Waals surface area contributed by atoms with Gasteiger partial charge in [-0.25, -0.2) is 0 Å². The van der Waals surface area contributed by atoms with Gasteiger partial charge in [-0.2, -0.15) is 0 Å². The minimum atomic E-state index is -1.53. The number of carbonyl (C=O) groups is 2. The minimum absolute atomic E-state index is 0.321. The highest BCUT2D eigenvalue weighted by molar-refractivity contribution is 5.93. The van der Waals surface area contributed by atoms with Crippen LogP contribution >= 0.6 is 0 Å². The molecule has 0 saturated heterocycles. The maximum absolute atomic E-state index is 14.5. The maximum atomic E-state index is 14.5. The maximum Gasteiger partial charge on any atom is 0.327 e. The van der Waals surface area contributed by atoms with E-state index < -0.39 is 23.8 Å². The molecular weight excluding hydrogens is 596 g/mol. The standard InChI is InChI=1S/C43H56O5/c1-4-6-9-31-13-17-33(18-14-31)35-21-25-37(26-22-35)43(30-41(44)45,42(46)48-40-12-8-11-39(29-40)47-3)38-27-23-36(24-28-38)34-19-15-32(16-20-34)10-7-5-2/h8,11-12,21-29,31-34H,4-7,9-10,13-20,30H2,1-3H3,(H,44,45)/t31-,32-,33-,34-. The van der Waals surface area contributed by atoms with Crippen LogP contribution < -0.4 is 9.47 Å². The molecule has 2 aliphatic rings. The molecule has 2 saturated carbocycles. The second kappa shape index (κ2) is 17.2. The van der Waals surface area contributed by atoms with Crippen molar-refractivity contribution < 1.29 is 24.2 Å². The number of rotatable bonds is 15. The summed E-state index contributed by atoms with van der Waals surface area (Å²) in [6, 6.07) is 23.3. The van der Waals surface area contributed by atoms with Gasteiger partial charge in [-0.05, 0) is 109 Å². The summed E-state index contributed by atoms with van der Waals surface area (Å²) in [5.41, 5.74) is 2.29. The Morgan fingerprint density at radius 2 is 1.15 bits per heavy atom. The molecule has 0 unspecified atom stereocenters. The van der Waals surface area contributed by atoms with E-state index in [1.807, 2.05) is 24.3 Å². The van der Waals surface area contributed by atoms with E-state index in [4.69, 9.17) is 9.47 Å². The first-order chi connectivity index (χ1) is 23.4. The van der Waals surface area contributed by atoms with Crippen molar-refractivity contribution in [3.8, 4) is 11.5 Å². The Kier molecular flexibility index (Phi) is 12.8. The molecule has 5 rings (SSSR count). The second-order valence-corrected chi connectivity index (χ2v) is 14.5. The first-order valence-corrected chi connectivity index (χ1v) is 18.6. The van der Waals surface area contributed by atoms with Gasteiger partial charge in [0.25, 0.3) is 0 Å². The topological polar surface area (TPSA) is 72.8 Å². The van der Waals surface area contributed by atoms with Gasteiger partial charge in [0.1, 0.15) is 16.9 Å². The highest BCUT2D eigenvalue weighted by atomic mass is 16.5. The van der Waals surface area contributed by atoms with E-state index in [-0.39, 0.29) is 0 Å². The number of carbonyl (C=O) groups excluding carboxylic acids is 1. The van der Waals surface area contributed by atoms with E-state index in [2.05, 4.69) is 38.1 Å². The van der Waals surface area contributed by atoms with Gasteiger partial charge in [0.2, 0.25) is 0 Å². The summed E-state index contributed by atoms with van der Waals surface area (Å²) >= 11 is 0. The van der Waals surface area contributed by atoms with Crippen LogP contribution in [0.3, 0.4) is 0 Å². The lowest BCUT2D eigenvalue weighted by Gasteiger charge is -2.33. The van der Waals surface area contributed by atoms with E-state index in [1.165, 1.54) is 101 Å². The molecule has 0 amide bonds. The van der Waals surface area contributed by atoms with Crippen molar-refractivity contribution in [3.05, 3.63) is 95.1 Å². The zero-order valence-corrected chi connectivity index (χ0v) is 29.4. The van der Waals surface area contributed by atoms with Crippen LogP contribution in [-0.4, -0.2) is 24.2 Å². The molecule has 258 valence electrons. The lowest BCUT2D eigenvalue weighted by Crippen LogP contribution is -2.42. The van der Waals surface area contributed by atoms with E-state index >= 15 is 0 Å². The van der Waals surface area contributed by atoms with Gasteiger partial charge in [0.15, 0.2) is 0 Å². The number of hydrogen-bond donors (Lipinski definition) is 1. The van der Waals surface area contributed by atoms with Crippen molar-refractivity contribution in [1.29, 1.82) is 0 Å². The second-order valence-electron chi connectivity index (χ2n) is 14.5. The van der Waals surface area contributed by atoms with Crippen LogP contribution in [0.25, 0.3) is 0 Å². The van der Waals surface area contributed by atoms with Crippen LogP contribution in [0.2, 0.25) is 0 Å². The van der Waals surface area contributed by atoms with Crippen molar-refractivity contribution in [2.24, 2.45) is 11.8 Å². The summed E-state index contributed by atoms with van der Waals surface area (Å²) in [5, 5.41) is 10.3. The number of esters is 1. The molecule has 5 heteroatoms. The normalized spacial score (nSPS) is 21.4. The largest absolute Gasteiger partial charge is 0.497 e. The average molecular weight is 653 g/mol. The summed E-state index contributed by atoms with van der Waals surface area (Å²) in [7, 11) is 1.56. The van der Waals surface area contributed by atoms with Gasteiger partial charge in [-0.15, -0.1) is 0 Å². The van der Waals surface area contributed by atoms with Gasteiger partial charge in [-0.3, -0.25) is 9.59 Å². The Balaban J connectivity index is 1.45. The lowest BCUT2D eigenvalue weighted by molar-refractivity contribution is -0.147. The monoisotopic (exact) mass is 652 g/mol. The quantitative estimate of drug-likeness (QED) is 0.131. The summed E-state index contributed by atoms with van der Waals surface area (Å²) in [5.74, 6) is 1.86. The highest BCUT2D eigenvalue weighted by Gasteiger charge is 2.46. The third kappa shape index (κ3) is 8.70. The van der Waals surface area contributed by atoms with Crippen LogP contribution in [0.1, 0.15) is 144 Å². The van der Waals surface area contributed by atoms with Crippen LogP contribution in [0, 0.1) is 11.8 Å². The summed E-state index contributed by atoms with van der Waals surface area (Å²) in [6.45, 7) is 4.52. The molecule has 0 aliphatic heterocycles. The molecule has 3 aromatic rings. The molecule has 0 aromatic heterocycles. The summed E-state index contributed by atoms with van der Waals surface area (Å²) in [4.78, 5) is 27.1. The summed E-state index contributed by atoms with van der Waals surface area (Å²) in [6.07, 6.45) is 17.1. The molecule has 0 atom stereocenters. The number of hydrogen-bond acceptors (Lipinski definition) is 4. The smallest absolute Gasteiger partial charge is 0.327 e. The Labute approximate surface area is 288 Å². The van der Waals surface area contributed by atoms with Gasteiger partial charge in [-0.1, -0.05) is 107 Å². The Hall–Kier alpha value is -3.60. The van der Waals surface area contributed by atoms with Crippen molar-refractivity contribution in [2.75, 3.05) is 7.11 Å². The fourth-order valence-electron chi connectivity index (χ4n) is 8.40. The fourth-order valence-corrected chi connectivity index (χ4v) is 8.40. The van der Waals surface area contributed by atoms with Gasteiger partial charge in [0, 0.05) is 6.07 Å². The lowest BCUT2D eigenvalue weighted by atomic mass is 9.70. The molecule has 2 aliphatic carbocycles. The minimum Gasteiger partial charge on any atom is -0.497 e. The van der Waals surface area contributed by atoms with E-state index in [0.717, 1.165) is 11.8 Å². The number of benzene rings is 3. The first-order valence-electron chi connectivity index (χ1n) is 18.6. The van der Waals surface area contributed by atoms with Gasteiger partial charge >= 0.3 is 11.9 Å². The number of ether oxygens (including phenoxy) is 2. The molecule has 1 N–H and O–H groups in total. The molecule has 2 fully saturated rings. The molecule has 0 heterocycles. The van der Waals surface area contributed by atoms with Crippen LogP contribution in [0.15, 0.2) is 72.8 Å². The van der Waals surface area contributed by atoms with E-state index in [9.17, 15) is 14.7 Å². The Morgan fingerprint density at radius 1 is 0.688 bits per heavy atom. The predicted molar refractivity (Wildman–Crippen MR) is 193 cm³/mol. The first kappa shape index (κ1) is 35.7. The van der Waals surface area contributed by atoms with Gasteiger partial charge in [0.05, 0.1) is 13.5 Å².